The summed E-state index contributed by atoms with van der Waals surface area (Å²) in [6, 6.07) is 6.76. The Hall–Kier alpha value is -0.860. The Morgan fingerprint density at radius 1 is 1.13 bits per heavy atom. The van der Waals surface area contributed by atoms with Gasteiger partial charge in [0.05, 0.1) is 0 Å². The SMILES string of the molecule is CNCCC1CCCCC1.Cc1cccc(C)c1CCC(C)N. The zero-order valence-electron chi connectivity index (χ0n) is 15.8. The number of nitrogens with two attached hydrogens (primary N) is 1. The van der Waals surface area contributed by atoms with Crippen molar-refractivity contribution in [1.29, 1.82) is 0 Å². The second-order valence-electron chi connectivity index (χ2n) is 7.28. The summed E-state index contributed by atoms with van der Waals surface area (Å²) in [7, 11) is 2.04. The lowest BCUT2D eigenvalue weighted by Crippen LogP contribution is -2.15. The first-order valence-electron chi connectivity index (χ1n) is 9.49. The third kappa shape index (κ3) is 8.53. The van der Waals surface area contributed by atoms with Gasteiger partial charge in [-0.15, -0.1) is 0 Å². The predicted octanol–water partition coefficient (Wildman–Crippen LogP) is 4.76. The van der Waals surface area contributed by atoms with Gasteiger partial charge in [-0.3, -0.25) is 0 Å². The fraction of sp³-hybridized carbons (Fsp3) is 0.714. The van der Waals surface area contributed by atoms with Crippen LogP contribution in [0.4, 0.5) is 0 Å². The van der Waals surface area contributed by atoms with E-state index in [2.05, 4.69) is 44.3 Å². The number of nitrogens with one attached hydrogen (secondary N) is 1. The molecule has 0 bridgehead atoms. The van der Waals surface area contributed by atoms with Crippen LogP contribution in [0, 0.1) is 19.8 Å². The van der Waals surface area contributed by atoms with Crippen LogP contribution in [0.25, 0.3) is 0 Å². The molecule has 2 nitrogen and oxygen atoms in total. The molecule has 0 amide bonds. The van der Waals surface area contributed by atoms with Gasteiger partial charge in [-0.05, 0) is 76.2 Å². The zero-order valence-corrected chi connectivity index (χ0v) is 15.8. The fourth-order valence-electron chi connectivity index (χ4n) is 3.44. The number of hydrogen-bond donors (Lipinski definition) is 2. The maximum absolute atomic E-state index is 5.74. The highest BCUT2D eigenvalue weighted by Crippen LogP contribution is 2.25. The smallest absolute Gasteiger partial charge is 0.00136 e. The molecule has 0 heterocycles. The standard InChI is InChI=1S/C12H19N.C9H19N/c1-9-5-4-6-10(2)12(9)8-7-11(3)13;1-10-8-7-9-5-3-2-4-6-9/h4-6,11H,7-8,13H2,1-3H3;9-10H,2-8H2,1H3. The van der Waals surface area contributed by atoms with E-state index in [0.29, 0.717) is 6.04 Å². The number of rotatable bonds is 6. The molecule has 2 heteroatoms. The monoisotopic (exact) mass is 318 g/mol. The van der Waals surface area contributed by atoms with Gasteiger partial charge < -0.3 is 11.1 Å². The van der Waals surface area contributed by atoms with Crippen LogP contribution in [0.5, 0.6) is 0 Å². The molecular formula is C21H38N2. The Morgan fingerprint density at radius 2 is 1.74 bits per heavy atom. The maximum atomic E-state index is 5.74. The second-order valence-corrected chi connectivity index (χ2v) is 7.28. The summed E-state index contributed by atoms with van der Waals surface area (Å²) >= 11 is 0. The summed E-state index contributed by atoms with van der Waals surface area (Å²) < 4.78 is 0. The van der Waals surface area contributed by atoms with Crippen molar-refractivity contribution in [3.8, 4) is 0 Å². The number of hydrogen-bond acceptors (Lipinski definition) is 2. The summed E-state index contributed by atoms with van der Waals surface area (Å²) in [4.78, 5) is 0. The lowest BCUT2D eigenvalue weighted by molar-refractivity contribution is 0.337. The Bertz CT molecular complexity index is 400. The van der Waals surface area contributed by atoms with Gasteiger partial charge in [0.2, 0.25) is 0 Å². The molecule has 2 rings (SSSR count). The third-order valence-corrected chi connectivity index (χ3v) is 5.02. The van der Waals surface area contributed by atoms with Crippen molar-refractivity contribution in [3.05, 3.63) is 34.9 Å². The van der Waals surface area contributed by atoms with E-state index in [-0.39, 0.29) is 0 Å². The summed E-state index contributed by atoms with van der Waals surface area (Å²) in [6.07, 6.45) is 11.0. The van der Waals surface area contributed by atoms with Gasteiger partial charge in [0, 0.05) is 6.04 Å². The van der Waals surface area contributed by atoms with E-state index in [0.717, 1.165) is 18.8 Å². The highest BCUT2D eigenvalue weighted by atomic mass is 14.8. The molecule has 1 saturated carbocycles. The lowest BCUT2D eigenvalue weighted by Gasteiger charge is -2.20. The Morgan fingerprint density at radius 3 is 2.26 bits per heavy atom. The van der Waals surface area contributed by atoms with Gasteiger partial charge in [0.15, 0.2) is 0 Å². The molecule has 1 aliphatic carbocycles. The predicted molar refractivity (Wildman–Crippen MR) is 103 cm³/mol. The molecule has 0 aliphatic heterocycles. The van der Waals surface area contributed by atoms with Gasteiger partial charge in [0.1, 0.15) is 0 Å². The highest BCUT2D eigenvalue weighted by molar-refractivity contribution is 5.33. The van der Waals surface area contributed by atoms with E-state index < -0.39 is 0 Å². The number of aryl methyl sites for hydroxylation is 2. The van der Waals surface area contributed by atoms with E-state index in [1.165, 1.54) is 61.8 Å². The van der Waals surface area contributed by atoms with Crippen LogP contribution in [0.3, 0.4) is 0 Å². The van der Waals surface area contributed by atoms with Crippen LogP contribution in [-0.4, -0.2) is 19.6 Å². The minimum atomic E-state index is 0.305. The fourth-order valence-corrected chi connectivity index (χ4v) is 3.44. The Balaban J connectivity index is 0.000000238. The van der Waals surface area contributed by atoms with Gasteiger partial charge in [0.25, 0.3) is 0 Å². The van der Waals surface area contributed by atoms with Crippen molar-refractivity contribution in [2.45, 2.75) is 78.2 Å². The molecule has 1 fully saturated rings. The Labute approximate surface area is 144 Å². The van der Waals surface area contributed by atoms with Crippen LogP contribution in [0.2, 0.25) is 0 Å². The highest BCUT2D eigenvalue weighted by Gasteiger charge is 2.11. The molecule has 1 aromatic rings. The molecular weight excluding hydrogens is 280 g/mol. The van der Waals surface area contributed by atoms with Gasteiger partial charge >= 0.3 is 0 Å². The van der Waals surface area contributed by atoms with Crippen LogP contribution >= 0.6 is 0 Å². The van der Waals surface area contributed by atoms with E-state index in [1.807, 2.05) is 7.05 Å². The maximum Gasteiger partial charge on any atom is 0.00136 e. The van der Waals surface area contributed by atoms with E-state index >= 15 is 0 Å². The normalized spacial score (nSPS) is 16.6. The molecule has 132 valence electrons. The molecule has 23 heavy (non-hydrogen) atoms. The van der Waals surface area contributed by atoms with Crippen molar-refractivity contribution in [3.63, 3.8) is 0 Å². The molecule has 1 unspecified atom stereocenters. The van der Waals surface area contributed by atoms with E-state index in [4.69, 9.17) is 5.73 Å². The van der Waals surface area contributed by atoms with Crippen LogP contribution in [0.1, 0.15) is 68.6 Å². The molecule has 1 aliphatic rings. The second kappa shape index (κ2) is 11.6. The van der Waals surface area contributed by atoms with Crippen molar-refractivity contribution in [2.75, 3.05) is 13.6 Å². The van der Waals surface area contributed by atoms with Gasteiger partial charge in [-0.25, -0.2) is 0 Å². The first kappa shape index (κ1) is 20.2. The van der Waals surface area contributed by atoms with Gasteiger partial charge in [-0.1, -0.05) is 50.3 Å². The van der Waals surface area contributed by atoms with Crippen molar-refractivity contribution in [1.82, 2.24) is 5.32 Å². The van der Waals surface area contributed by atoms with Gasteiger partial charge in [-0.2, -0.15) is 0 Å². The first-order valence-corrected chi connectivity index (χ1v) is 9.49. The quantitative estimate of drug-likeness (QED) is 0.793. The first-order chi connectivity index (χ1) is 11.0. The van der Waals surface area contributed by atoms with Crippen LogP contribution < -0.4 is 11.1 Å². The third-order valence-electron chi connectivity index (χ3n) is 5.02. The lowest BCUT2D eigenvalue weighted by atomic mass is 9.87. The van der Waals surface area contributed by atoms with Crippen molar-refractivity contribution >= 4 is 0 Å². The van der Waals surface area contributed by atoms with Crippen molar-refractivity contribution < 1.29 is 0 Å². The minimum absolute atomic E-state index is 0.305. The largest absolute Gasteiger partial charge is 0.328 e. The Kier molecular flexibility index (Phi) is 10.2. The molecule has 0 saturated heterocycles. The zero-order chi connectivity index (χ0) is 17.1. The van der Waals surface area contributed by atoms with Crippen LogP contribution in [0.15, 0.2) is 18.2 Å². The topological polar surface area (TPSA) is 38.0 Å². The molecule has 1 atom stereocenters. The summed E-state index contributed by atoms with van der Waals surface area (Å²) in [6.45, 7) is 7.62. The molecule has 0 spiro atoms. The van der Waals surface area contributed by atoms with E-state index in [1.54, 1.807) is 0 Å². The average molecular weight is 319 g/mol. The van der Waals surface area contributed by atoms with E-state index in [9.17, 15) is 0 Å². The molecule has 1 aromatic carbocycles. The summed E-state index contributed by atoms with van der Waals surface area (Å²) in [5.41, 5.74) is 9.99. The number of benzene rings is 1. The van der Waals surface area contributed by atoms with Crippen molar-refractivity contribution in [2.24, 2.45) is 11.7 Å². The van der Waals surface area contributed by atoms with Crippen LogP contribution in [-0.2, 0) is 6.42 Å². The summed E-state index contributed by atoms with van der Waals surface area (Å²) in [5.74, 6) is 1.04. The summed E-state index contributed by atoms with van der Waals surface area (Å²) in [5, 5.41) is 3.21. The molecule has 3 N–H and O–H groups in total. The molecule has 0 radical (unpaired) electrons. The minimum Gasteiger partial charge on any atom is -0.328 e. The molecule has 0 aromatic heterocycles. The average Bonchev–Trinajstić information content (AvgIpc) is 2.54.